The number of hydrogen-bond acceptors (Lipinski definition) is 11. The molecule has 1 fully saturated rings. The van der Waals surface area contributed by atoms with Crippen LogP contribution in [-0.2, 0) is 42.9 Å². The van der Waals surface area contributed by atoms with Gasteiger partial charge in [-0.25, -0.2) is 4.79 Å². The molecule has 6 unspecified atom stereocenters. The van der Waals surface area contributed by atoms with Crippen molar-refractivity contribution in [2.75, 3.05) is 13.2 Å². The predicted octanol–water partition coefficient (Wildman–Crippen LogP) is 16.7. The monoisotopic (exact) mass is 1110 g/mol. The standard InChI is InChI=1S/C67H112O12/c1-4-7-10-13-16-19-22-25-27-29-30-32-33-36-38-41-44-47-50-53-59(68)75-56-58(77-60(69)54-51-48-45-42-40-37-34-31-28-26-23-20-17-14-11-8-5-2)57-76-67-65(63(72)62(71)64(79-67)66(73)74)78-61(70)55-52-49-46-43-39-35-24-21-18-15-12-9-6-3/h12,15-17,19-21,24-28,30,32,58,62-65,67,71-72H,4-11,13-14,18,22-23,29,31,33-57H2,1-3H3,(H,73,74)/b15-12-,19-16-,20-17-,24-21-,27-25-,28-26-,32-30-. The molecule has 0 spiro atoms. The van der Waals surface area contributed by atoms with Crippen LogP contribution in [0.1, 0.15) is 265 Å². The number of rotatable bonds is 53. The van der Waals surface area contributed by atoms with Crippen molar-refractivity contribution in [2.45, 2.75) is 302 Å². The van der Waals surface area contributed by atoms with Gasteiger partial charge in [-0.1, -0.05) is 215 Å². The van der Waals surface area contributed by atoms with E-state index in [4.69, 9.17) is 23.7 Å². The highest BCUT2D eigenvalue weighted by Gasteiger charge is 2.50. The van der Waals surface area contributed by atoms with Crippen molar-refractivity contribution in [2.24, 2.45) is 0 Å². The lowest BCUT2D eigenvalue weighted by Crippen LogP contribution is -2.61. The van der Waals surface area contributed by atoms with E-state index in [1.807, 2.05) is 0 Å². The number of aliphatic hydroxyl groups is 2. The summed E-state index contributed by atoms with van der Waals surface area (Å²) in [5, 5.41) is 31.5. The van der Waals surface area contributed by atoms with E-state index in [0.29, 0.717) is 19.3 Å². The van der Waals surface area contributed by atoms with Gasteiger partial charge in [-0.3, -0.25) is 14.4 Å². The quantitative estimate of drug-likeness (QED) is 0.0228. The molecule has 0 saturated carbocycles. The summed E-state index contributed by atoms with van der Waals surface area (Å²) >= 11 is 0. The first kappa shape index (κ1) is 72.9. The molecule has 12 heteroatoms. The highest BCUT2D eigenvalue weighted by molar-refractivity contribution is 5.74. The van der Waals surface area contributed by atoms with E-state index in [-0.39, 0.29) is 25.9 Å². The van der Waals surface area contributed by atoms with Crippen molar-refractivity contribution in [3.63, 3.8) is 0 Å². The lowest BCUT2D eigenvalue weighted by Gasteiger charge is -2.40. The molecule has 0 aliphatic carbocycles. The number of carbonyl (C=O) groups excluding carboxylic acids is 3. The van der Waals surface area contributed by atoms with Crippen LogP contribution >= 0.6 is 0 Å². The second kappa shape index (κ2) is 54.5. The first-order valence-corrected chi connectivity index (χ1v) is 31.6. The molecule has 1 rings (SSSR count). The van der Waals surface area contributed by atoms with Gasteiger partial charge in [0, 0.05) is 19.3 Å². The van der Waals surface area contributed by atoms with Crippen molar-refractivity contribution in [1.29, 1.82) is 0 Å². The summed E-state index contributed by atoms with van der Waals surface area (Å²) in [7, 11) is 0. The zero-order chi connectivity index (χ0) is 57.5. The van der Waals surface area contributed by atoms with Gasteiger partial charge in [0.05, 0.1) is 6.61 Å². The molecule has 12 nitrogen and oxygen atoms in total. The highest BCUT2D eigenvalue weighted by atomic mass is 16.7. The molecular weight excluding hydrogens is 997 g/mol. The molecule has 0 aromatic carbocycles. The van der Waals surface area contributed by atoms with Gasteiger partial charge < -0.3 is 39.0 Å². The summed E-state index contributed by atoms with van der Waals surface area (Å²) in [5.74, 6) is -3.16. The largest absolute Gasteiger partial charge is 0.479 e. The van der Waals surface area contributed by atoms with Crippen LogP contribution in [0.25, 0.3) is 0 Å². The third-order valence-electron chi connectivity index (χ3n) is 13.9. The highest BCUT2D eigenvalue weighted by Crippen LogP contribution is 2.26. The van der Waals surface area contributed by atoms with Crippen LogP contribution in [-0.4, -0.2) is 89.2 Å². The average molecular weight is 1110 g/mol. The Hall–Kier alpha value is -4.10. The first-order valence-electron chi connectivity index (χ1n) is 31.6. The normalized spacial score (nSPS) is 18.4. The number of allylic oxidation sites excluding steroid dienone is 14. The summed E-state index contributed by atoms with van der Waals surface area (Å²) in [5.41, 5.74) is 0. The Morgan fingerprint density at radius 1 is 0.418 bits per heavy atom. The number of ether oxygens (including phenoxy) is 5. The molecule has 0 aromatic heterocycles. The number of aliphatic carboxylic acids is 1. The Labute approximate surface area is 480 Å². The van der Waals surface area contributed by atoms with E-state index in [1.54, 1.807) is 0 Å². The van der Waals surface area contributed by atoms with Gasteiger partial charge >= 0.3 is 23.9 Å². The van der Waals surface area contributed by atoms with Crippen LogP contribution in [0.2, 0.25) is 0 Å². The lowest BCUT2D eigenvalue weighted by atomic mass is 9.98. The summed E-state index contributed by atoms with van der Waals surface area (Å²) in [6, 6.07) is 0. The first-order chi connectivity index (χ1) is 38.6. The maximum atomic E-state index is 13.2. The fourth-order valence-electron chi connectivity index (χ4n) is 9.03. The minimum atomic E-state index is -1.91. The minimum absolute atomic E-state index is 0.0393. The Kier molecular flexibility index (Phi) is 50.3. The van der Waals surface area contributed by atoms with Crippen LogP contribution in [0.3, 0.4) is 0 Å². The lowest BCUT2D eigenvalue weighted by molar-refractivity contribution is -0.301. The summed E-state index contributed by atoms with van der Waals surface area (Å²) in [6.07, 6.45) is 58.2. The molecule has 0 aromatic rings. The van der Waals surface area contributed by atoms with Crippen LogP contribution in [0.4, 0.5) is 0 Å². The molecule has 1 aliphatic rings. The summed E-state index contributed by atoms with van der Waals surface area (Å²) in [4.78, 5) is 51.2. The molecule has 3 N–H and O–H groups in total. The molecule has 0 bridgehead atoms. The molecule has 1 saturated heterocycles. The van der Waals surface area contributed by atoms with E-state index in [0.717, 1.165) is 148 Å². The van der Waals surface area contributed by atoms with Gasteiger partial charge in [-0.2, -0.15) is 0 Å². The van der Waals surface area contributed by atoms with E-state index < -0.39 is 67.3 Å². The van der Waals surface area contributed by atoms with Crippen LogP contribution in [0.5, 0.6) is 0 Å². The van der Waals surface area contributed by atoms with Gasteiger partial charge in [-0.05, 0) is 116 Å². The summed E-state index contributed by atoms with van der Waals surface area (Å²) < 4.78 is 28.5. The number of unbranched alkanes of at least 4 members (excludes halogenated alkanes) is 25. The van der Waals surface area contributed by atoms with Gasteiger partial charge in [0.2, 0.25) is 0 Å². The third kappa shape index (κ3) is 44.3. The Morgan fingerprint density at radius 3 is 1.20 bits per heavy atom. The van der Waals surface area contributed by atoms with Crippen molar-refractivity contribution in [1.82, 2.24) is 0 Å². The minimum Gasteiger partial charge on any atom is -0.479 e. The van der Waals surface area contributed by atoms with Crippen molar-refractivity contribution < 1.29 is 58.2 Å². The van der Waals surface area contributed by atoms with Gasteiger partial charge in [0.15, 0.2) is 24.6 Å². The second-order valence-electron chi connectivity index (χ2n) is 21.3. The topological polar surface area (TPSA) is 175 Å². The summed E-state index contributed by atoms with van der Waals surface area (Å²) in [6.45, 7) is 5.86. The Morgan fingerprint density at radius 2 is 0.785 bits per heavy atom. The zero-order valence-electron chi connectivity index (χ0n) is 49.8. The van der Waals surface area contributed by atoms with E-state index >= 15 is 0 Å². The Balaban J connectivity index is 2.69. The van der Waals surface area contributed by atoms with Crippen molar-refractivity contribution in [3.05, 3.63) is 85.1 Å². The van der Waals surface area contributed by atoms with Gasteiger partial charge in [0.25, 0.3) is 0 Å². The van der Waals surface area contributed by atoms with E-state index in [9.17, 15) is 34.5 Å². The number of aliphatic hydroxyl groups excluding tert-OH is 2. The third-order valence-corrected chi connectivity index (χ3v) is 13.9. The molecule has 79 heavy (non-hydrogen) atoms. The number of hydrogen-bond donors (Lipinski definition) is 3. The number of carboxylic acid groups (broad SMARTS) is 1. The van der Waals surface area contributed by atoms with Crippen molar-refractivity contribution in [3.8, 4) is 0 Å². The molecule has 452 valence electrons. The van der Waals surface area contributed by atoms with Gasteiger partial charge in [0.1, 0.15) is 18.8 Å². The van der Waals surface area contributed by atoms with Crippen LogP contribution in [0.15, 0.2) is 85.1 Å². The maximum absolute atomic E-state index is 13.2. The maximum Gasteiger partial charge on any atom is 0.335 e. The molecule has 0 radical (unpaired) electrons. The van der Waals surface area contributed by atoms with Crippen LogP contribution in [0, 0.1) is 0 Å². The van der Waals surface area contributed by atoms with Crippen molar-refractivity contribution >= 4 is 23.9 Å². The van der Waals surface area contributed by atoms with E-state index in [2.05, 4.69) is 106 Å². The fraction of sp³-hybridized carbons (Fsp3) is 0.731. The smallest absolute Gasteiger partial charge is 0.335 e. The Bertz CT molecular complexity index is 1700. The molecule has 1 aliphatic heterocycles. The molecule has 6 atom stereocenters. The van der Waals surface area contributed by atoms with Gasteiger partial charge in [-0.15, -0.1) is 0 Å². The van der Waals surface area contributed by atoms with Crippen LogP contribution < -0.4 is 0 Å². The van der Waals surface area contributed by atoms with E-state index in [1.165, 1.54) is 57.8 Å². The number of carboxylic acids is 1. The number of carbonyl (C=O) groups is 4. The SMILES string of the molecule is CCC/C=C\C/C=C\CCCCCCCC(=O)OC1C(OCC(COC(=O)CCCCCCCC/C=C\C/C=C\C/C=C\CCCCC)OC(=O)CCCCCCCCC/C=C\C/C=C\CCCCC)OC(C(=O)O)C(O)C1O. The second-order valence-corrected chi connectivity index (χ2v) is 21.3. The molecule has 1 heterocycles. The average Bonchev–Trinajstić information content (AvgIpc) is 3.46. The molecule has 0 amide bonds. The fourth-order valence-corrected chi connectivity index (χ4v) is 9.03. The number of esters is 3. The predicted molar refractivity (Wildman–Crippen MR) is 321 cm³/mol. The zero-order valence-corrected chi connectivity index (χ0v) is 49.8. The molecular formula is C67H112O12.